The smallest absolute Gasteiger partial charge is 0.0286 e. The van der Waals surface area contributed by atoms with Crippen LogP contribution in [0.4, 0.5) is 0 Å². The second-order valence-electron chi connectivity index (χ2n) is 6.56. The summed E-state index contributed by atoms with van der Waals surface area (Å²) in [6.45, 7) is 0. The number of fused-ring (bicyclic) bond motifs is 7. The van der Waals surface area contributed by atoms with E-state index in [0.717, 1.165) is 0 Å². The molecule has 0 saturated heterocycles. The first-order chi connectivity index (χ1) is 12.4. The van der Waals surface area contributed by atoms with E-state index in [2.05, 4.69) is 84.9 Å². The van der Waals surface area contributed by atoms with Gasteiger partial charge < -0.3 is 0 Å². The van der Waals surface area contributed by atoms with Crippen molar-refractivity contribution in [3.8, 4) is 11.1 Å². The van der Waals surface area contributed by atoms with Gasteiger partial charge in [-0.05, 0) is 38.6 Å². The summed E-state index contributed by atoms with van der Waals surface area (Å²) in [5.41, 5.74) is 2.76. The van der Waals surface area contributed by atoms with Crippen molar-refractivity contribution in [3.05, 3.63) is 84.9 Å². The Morgan fingerprint density at radius 2 is 1.16 bits per heavy atom. The molecule has 0 aliphatic carbocycles. The van der Waals surface area contributed by atoms with Crippen LogP contribution in [0.3, 0.4) is 0 Å². The number of hydrogen-bond acceptors (Lipinski definition) is 1. The molecule has 0 atom stereocenters. The molecule has 1 heteroatoms. The minimum Gasteiger partial charge on any atom is -0.0881 e. The Morgan fingerprint density at radius 3 is 1.96 bits per heavy atom. The van der Waals surface area contributed by atoms with E-state index < -0.39 is 0 Å². The molecule has 0 saturated carbocycles. The average Bonchev–Trinajstić information content (AvgIpc) is 2.68. The van der Waals surface area contributed by atoms with E-state index in [1.54, 1.807) is 0 Å². The van der Waals surface area contributed by atoms with Crippen molar-refractivity contribution in [2.45, 2.75) is 9.79 Å². The maximum absolute atomic E-state index is 2.28. The second-order valence-corrected chi connectivity index (χ2v) is 7.61. The summed E-state index contributed by atoms with van der Waals surface area (Å²) < 4.78 is 0. The molecule has 116 valence electrons. The van der Waals surface area contributed by atoms with Crippen LogP contribution < -0.4 is 0 Å². The molecule has 5 aromatic rings. The molecule has 0 radical (unpaired) electrons. The van der Waals surface area contributed by atoms with Gasteiger partial charge in [0.1, 0.15) is 0 Å². The van der Waals surface area contributed by atoms with Gasteiger partial charge in [0, 0.05) is 20.7 Å². The SMILES string of the molecule is c1cc2c3c(cccc3c1)-c1c(c3ccccc3c3ccccc13)S2. The first-order valence-electron chi connectivity index (χ1n) is 8.55. The third-order valence-corrected chi connectivity index (χ3v) is 6.42. The van der Waals surface area contributed by atoms with Gasteiger partial charge in [0.05, 0.1) is 0 Å². The van der Waals surface area contributed by atoms with Gasteiger partial charge in [0.2, 0.25) is 0 Å². The Morgan fingerprint density at radius 1 is 0.520 bits per heavy atom. The molecule has 0 nitrogen and oxygen atoms in total. The standard InChI is InChI=1S/C24H14S/c1-3-11-18-16(9-1)17-10-2-4-12-19(17)24-23(18)20-13-5-7-15-8-6-14-21(25-24)22(15)20/h1-14H. The van der Waals surface area contributed by atoms with Crippen molar-refractivity contribution < 1.29 is 0 Å². The molecule has 0 bridgehead atoms. The van der Waals surface area contributed by atoms with Crippen LogP contribution in [-0.4, -0.2) is 0 Å². The molecule has 25 heavy (non-hydrogen) atoms. The zero-order chi connectivity index (χ0) is 16.4. The van der Waals surface area contributed by atoms with Gasteiger partial charge >= 0.3 is 0 Å². The van der Waals surface area contributed by atoms with E-state index >= 15 is 0 Å². The van der Waals surface area contributed by atoms with Gasteiger partial charge in [0.25, 0.3) is 0 Å². The third kappa shape index (κ3) is 1.74. The van der Waals surface area contributed by atoms with Crippen LogP contribution in [0.25, 0.3) is 43.4 Å². The first-order valence-corrected chi connectivity index (χ1v) is 9.37. The molecule has 0 N–H and O–H groups in total. The predicted octanol–water partition coefficient (Wildman–Crippen LogP) is 7.28. The largest absolute Gasteiger partial charge is 0.0881 e. The average molecular weight is 334 g/mol. The highest BCUT2D eigenvalue weighted by Gasteiger charge is 2.23. The predicted molar refractivity (Wildman–Crippen MR) is 109 cm³/mol. The summed E-state index contributed by atoms with van der Waals surface area (Å²) in [4.78, 5) is 2.75. The summed E-state index contributed by atoms with van der Waals surface area (Å²) in [7, 11) is 0. The molecular weight excluding hydrogens is 320 g/mol. The van der Waals surface area contributed by atoms with Crippen LogP contribution in [0.15, 0.2) is 94.7 Å². The molecule has 0 unspecified atom stereocenters. The Kier molecular flexibility index (Phi) is 2.63. The molecule has 0 amide bonds. The minimum absolute atomic E-state index is 1.32. The van der Waals surface area contributed by atoms with E-state index in [4.69, 9.17) is 0 Å². The van der Waals surface area contributed by atoms with E-state index in [-0.39, 0.29) is 0 Å². The van der Waals surface area contributed by atoms with Gasteiger partial charge in [0.15, 0.2) is 0 Å². The van der Waals surface area contributed by atoms with Crippen LogP contribution in [0.2, 0.25) is 0 Å². The van der Waals surface area contributed by atoms with Crippen molar-refractivity contribution in [3.63, 3.8) is 0 Å². The van der Waals surface area contributed by atoms with E-state index in [1.807, 2.05) is 11.8 Å². The molecular formula is C24H14S. The summed E-state index contributed by atoms with van der Waals surface area (Å²) >= 11 is 1.92. The molecule has 0 fully saturated rings. The van der Waals surface area contributed by atoms with E-state index in [9.17, 15) is 0 Å². The van der Waals surface area contributed by atoms with Crippen molar-refractivity contribution in [2.75, 3.05) is 0 Å². The van der Waals surface area contributed by atoms with Gasteiger partial charge in [-0.2, -0.15) is 0 Å². The number of benzene rings is 5. The third-order valence-electron chi connectivity index (χ3n) is 5.23. The quantitative estimate of drug-likeness (QED) is 0.263. The van der Waals surface area contributed by atoms with Crippen LogP contribution in [0.5, 0.6) is 0 Å². The minimum atomic E-state index is 1.32. The fourth-order valence-electron chi connectivity index (χ4n) is 4.19. The van der Waals surface area contributed by atoms with E-state index in [1.165, 1.54) is 53.2 Å². The van der Waals surface area contributed by atoms with Crippen molar-refractivity contribution in [1.82, 2.24) is 0 Å². The zero-order valence-corrected chi connectivity index (χ0v) is 14.3. The molecule has 1 aliphatic rings. The summed E-state index contributed by atoms with van der Waals surface area (Å²) in [6, 6.07) is 31.0. The van der Waals surface area contributed by atoms with Crippen molar-refractivity contribution in [1.29, 1.82) is 0 Å². The number of rotatable bonds is 0. The zero-order valence-electron chi connectivity index (χ0n) is 13.5. The Bertz CT molecular complexity index is 1310. The molecule has 6 rings (SSSR count). The summed E-state index contributed by atoms with van der Waals surface area (Å²) in [6.07, 6.45) is 0. The molecule has 0 spiro atoms. The van der Waals surface area contributed by atoms with Crippen LogP contribution in [-0.2, 0) is 0 Å². The normalized spacial score (nSPS) is 12.6. The summed E-state index contributed by atoms with van der Waals surface area (Å²) in [5.74, 6) is 0. The summed E-state index contributed by atoms with van der Waals surface area (Å²) in [5, 5.41) is 8.11. The Labute approximate surface area is 150 Å². The maximum Gasteiger partial charge on any atom is 0.0286 e. The molecule has 0 aromatic heterocycles. The molecule has 1 heterocycles. The van der Waals surface area contributed by atoms with E-state index in [0.29, 0.717) is 0 Å². The van der Waals surface area contributed by atoms with Crippen molar-refractivity contribution >= 4 is 44.1 Å². The van der Waals surface area contributed by atoms with Gasteiger partial charge in [-0.1, -0.05) is 90.6 Å². The monoisotopic (exact) mass is 334 g/mol. The first kappa shape index (κ1) is 13.5. The van der Waals surface area contributed by atoms with Crippen molar-refractivity contribution in [2.24, 2.45) is 0 Å². The van der Waals surface area contributed by atoms with Gasteiger partial charge in [-0.25, -0.2) is 0 Å². The lowest BCUT2D eigenvalue weighted by atomic mass is 9.90. The van der Waals surface area contributed by atoms with Gasteiger partial charge in [-0.3, -0.25) is 0 Å². The maximum atomic E-state index is 2.28. The fourth-order valence-corrected chi connectivity index (χ4v) is 5.50. The van der Waals surface area contributed by atoms with Crippen LogP contribution in [0, 0.1) is 0 Å². The lowest BCUT2D eigenvalue weighted by molar-refractivity contribution is 1.46. The molecule has 5 aromatic carbocycles. The fraction of sp³-hybridized carbons (Fsp3) is 0. The van der Waals surface area contributed by atoms with Crippen LogP contribution in [0.1, 0.15) is 0 Å². The second kappa shape index (κ2) is 4.87. The highest BCUT2D eigenvalue weighted by Crippen LogP contribution is 2.53. The van der Waals surface area contributed by atoms with Gasteiger partial charge in [-0.15, -0.1) is 0 Å². The highest BCUT2D eigenvalue weighted by atomic mass is 32.2. The molecule has 1 aliphatic heterocycles. The van der Waals surface area contributed by atoms with Crippen LogP contribution >= 0.6 is 11.8 Å². The lowest BCUT2D eigenvalue weighted by Crippen LogP contribution is -1.95. The Balaban J connectivity index is 1.93. The number of hydrogen-bond donors (Lipinski definition) is 0. The topological polar surface area (TPSA) is 0 Å². The Hall–Kier alpha value is -2.77. The highest BCUT2D eigenvalue weighted by molar-refractivity contribution is 8.00. The lowest BCUT2D eigenvalue weighted by Gasteiger charge is -2.24.